The fraction of sp³-hybridized carbons (Fsp3) is 0.240. The highest BCUT2D eigenvalue weighted by atomic mass is 32.2. The van der Waals surface area contributed by atoms with E-state index in [1.165, 1.54) is 30.3 Å². The molecule has 4 rings (SSSR count). The Balaban J connectivity index is 1.71. The van der Waals surface area contributed by atoms with E-state index in [4.69, 9.17) is 4.74 Å². The third-order valence-electron chi connectivity index (χ3n) is 5.91. The molecule has 0 aromatic heterocycles. The van der Waals surface area contributed by atoms with E-state index in [-0.39, 0.29) is 29.3 Å². The number of rotatable bonds is 6. The highest BCUT2D eigenvalue weighted by molar-refractivity contribution is 7.92. The van der Waals surface area contributed by atoms with Crippen LogP contribution in [0.25, 0.3) is 0 Å². The van der Waals surface area contributed by atoms with Crippen LogP contribution in [0.2, 0.25) is 0 Å². The second-order valence-corrected chi connectivity index (χ2v) is 10.3. The summed E-state index contributed by atoms with van der Waals surface area (Å²) in [5, 5.41) is 9.57. The lowest BCUT2D eigenvalue weighted by atomic mass is 9.94. The van der Waals surface area contributed by atoms with Gasteiger partial charge in [-0.15, -0.1) is 0 Å². The second-order valence-electron chi connectivity index (χ2n) is 8.43. The van der Waals surface area contributed by atoms with Gasteiger partial charge < -0.3 is 9.84 Å². The van der Waals surface area contributed by atoms with Crippen molar-refractivity contribution >= 4 is 21.7 Å². The summed E-state index contributed by atoms with van der Waals surface area (Å²) in [5.74, 6) is -3.25. The molecule has 6 nitrogen and oxygen atoms in total. The van der Waals surface area contributed by atoms with Gasteiger partial charge in [0.1, 0.15) is 18.2 Å². The third kappa shape index (κ3) is 5.01. The summed E-state index contributed by atoms with van der Waals surface area (Å²) in [7, 11) is -4.18. The van der Waals surface area contributed by atoms with Crippen LogP contribution in [0.3, 0.4) is 0 Å². The number of sulfonamides is 1. The van der Waals surface area contributed by atoms with Gasteiger partial charge in [-0.1, -0.05) is 24.3 Å². The van der Waals surface area contributed by atoms with Crippen LogP contribution in [0.1, 0.15) is 22.3 Å². The van der Waals surface area contributed by atoms with E-state index in [1.54, 1.807) is 19.1 Å². The van der Waals surface area contributed by atoms with Crippen LogP contribution in [0.15, 0.2) is 65.6 Å². The summed E-state index contributed by atoms with van der Waals surface area (Å²) in [6, 6.07) is 12.9. The minimum atomic E-state index is -4.79. The summed E-state index contributed by atoms with van der Waals surface area (Å²) < 4.78 is 87.5. The molecule has 1 N–H and O–H groups in total. The summed E-state index contributed by atoms with van der Waals surface area (Å²) in [6.45, 7) is 0.628. The molecule has 1 aliphatic rings. The molecule has 1 unspecified atom stereocenters. The number of carboxylic acid groups (broad SMARTS) is 1. The van der Waals surface area contributed by atoms with Gasteiger partial charge in [-0.3, -0.25) is 9.10 Å². The van der Waals surface area contributed by atoms with Crippen molar-refractivity contribution in [2.24, 2.45) is 5.92 Å². The van der Waals surface area contributed by atoms with E-state index in [0.29, 0.717) is 11.1 Å². The molecule has 0 spiro atoms. The van der Waals surface area contributed by atoms with Gasteiger partial charge in [-0.25, -0.2) is 12.8 Å². The number of aryl methyl sites for hydroxylation is 1. The van der Waals surface area contributed by atoms with Gasteiger partial charge in [0.25, 0.3) is 10.0 Å². The Morgan fingerprint density at radius 3 is 2.50 bits per heavy atom. The van der Waals surface area contributed by atoms with Gasteiger partial charge in [0.2, 0.25) is 0 Å². The van der Waals surface area contributed by atoms with Crippen molar-refractivity contribution in [2.75, 3.05) is 10.8 Å². The Bertz CT molecular complexity index is 1420. The Morgan fingerprint density at radius 1 is 1.11 bits per heavy atom. The van der Waals surface area contributed by atoms with Crippen LogP contribution < -0.4 is 9.04 Å². The molecule has 11 heteroatoms. The summed E-state index contributed by atoms with van der Waals surface area (Å²) in [4.78, 5) is 11.7. The second kappa shape index (κ2) is 9.45. The molecule has 1 atom stereocenters. The van der Waals surface area contributed by atoms with E-state index in [2.05, 4.69) is 0 Å². The third-order valence-corrected chi connectivity index (χ3v) is 7.69. The Morgan fingerprint density at radius 2 is 1.83 bits per heavy atom. The molecule has 1 heterocycles. The molecule has 3 aromatic rings. The minimum Gasteiger partial charge on any atom is -0.489 e. The Labute approximate surface area is 204 Å². The maximum atomic E-state index is 14.2. The van der Waals surface area contributed by atoms with Crippen molar-refractivity contribution in [1.29, 1.82) is 0 Å². The lowest BCUT2D eigenvalue weighted by Gasteiger charge is -2.34. The first-order valence-corrected chi connectivity index (χ1v) is 12.2. The molecular formula is C25H21F4NO5S. The molecule has 1 aliphatic heterocycles. The lowest BCUT2D eigenvalue weighted by Crippen LogP contribution is -2.42. The zero-order valence-corrected chi connectivity index (χ0v) is 19.7. The molecule has 3 aromatic carbocycles. The van der Waals surface area contributed by atoms with Crippen LogP contribution in [0.4, 0.5) is 23.2 Å². The lowest BCUT2D eigenvalue weighted by molar-refractivity contribution is -0.141. The molecule has 0 aliphatic carbocycles. The number of benzene rings is 3. The number of anilines is 1. The maximum Gasteiger partial charge on any atom is 0.416 e. The number of hydrogen-bond donors (Lipinski definition) is 1. The van der Waals surface area contributed by atoms with E-state index < -0.39 is 51.6 Å². The normalized spacial score (nSPS) is 15.9. The first kappa shape index (κ1) is 25.5. The number of halogens is 4. The number of aliphatic carboxylic acids is 1. The predicted molar refractivity (Wildman–Crippen MR) is 123 cm³/mol. The summed E-state index contributed by atoms with van der Waals surface area (Å²) >= 11 is 0. The van der Waals surface area contributed by atoms with Crippen molar-refractivity contribution in [1.82, 2.24) is 0 Å². The van der Waals surface area contributed by atoms with Gasteiger partial charge in [0.15, 0.2) is 0 Å². The number of alkyl halides is 3. The number of fused-ring (bicyclic) bond motifs is 1. The average molecular weight is 524 g/mol. The number of carboxylic acids is 1. The standard InChI is InChI=1S/C25H21F4NO5S/c1-15-4-2-5-19(10-15)36(33,34)30-13-17(24(31)32)11-16-8-9-18(12-23(16)30)35-14-20-21(25(27,28)29)6-3-7-22(20)26/h2-10,12,17H,11,13-14H2,1H3,(H,31,32). The number of nitrogens with zero attached hydrogens (tertiary/aromatic N) is 1. The number of ether oxygens (including phenoxy) is 1. The fourth-order valence-electron chi connectivity index (χ4n) is 4.09. The zero-order chi connectivity index (χ0) is 26.3. The first-order chi connectivity index (χ1) is 16.9. The molecule has 190 valence electrons. The van der Waals surface area contributed by atoms with E-state index >= 15 is 0 Å². The molecule has 0 bridgehead atoms. The molecule has 0 saturated carbocycles. The van der Waals surface area contributed by atoms with E-state index in [1.807, 2.05) is 0 Å². The van der Waals surface area contributed by atoms with Crippen LogP contribution >= 0.6 is 0 Å². The number of carbonyl (C=O) groups is 1. The van der Waals surface area contributed by atoms with Gasteiger partial charge in [-0.05, 0) is 54.8 Å². The van der Waals surface area contributed by atoms with Crippen molar-refractivity contribution in [3.8, 4) is 5.75 Å². The molecule has 0 saturated heterocycles. The van der Waals surface area contributed by atoms with Crippen LogP contribution in [0, 0.1) is 18.7 Å². The van der Waals surface area contributed by atoms with Gasteiger partial charge >= 0.3 is 12.1 Å². The van der Waals surface area contributed by atoms with Gasteiger partial charge in [-0.2, -0.15) is 13.2 Å². The van der Waals surface area contributed by atoms with E-state index in [9.17, 15) is 35.9 Å². The van der Waals surface area contributed by atoms with Crippen molar-refractivity contribution in [2.45, 2.75) is 31.0 Å². The molecular weight excluding hydrogens is 502 g/mol. The highest BCUT2D eigenvalue weighted by Crippen LogP contribution is 2.38. The zero-order valence-electron chi connectivity index (χ0n) is 18.9. The topological polar surface area (TPSA) is 83.9 Å². The minimum absolute atomic E-state index is 0.00310. The predicted octanol–water partition coefficient (Wildman–Crippen LogP) is 5.18. The van der Waals surface area contributed by atoms with Crippen LogP contribution in [-0.2, 0) is 34.0 Å². The monoisotopic (exact) mass is 523 g/mol. The summed E-state index contributed by atoms with van der Waals surface area (Å²) in [5.41, 5.74) is -0.605. The average Bonchev–Trinajstić information content (AvgIpc) is 2.81. The Hall–Kier alpha value is -3.60. The maximum absolute atomic E-state index is 14.2. The quantitative estimate of drug-likeness (QED) is 0.450. The molecule has 0 radical (unpaired) electrons. The summed E-state index contributed by atoms with van der Waals surface area (Å²) in [6.07, 6.45) is -4.74. The van der Waals surface area contributed by atoms with Crippen molar-refractivity contribution < 1.29 is 40.6 Å². The molecule has 36 heavy (non-hydrogen) atoms. The largest absolute Gasteiger partial charge is 0.489 e. The smallest absolute Gasteiger partial charge is 0.416 e. The van der Waals surface area contributed by atoms with Gasteiger partial charge in [0, 0.05) is 18.2 Å². The molecule has 0 amide bonds. The van der Waals surface area contributed by atoms with Crippen molar-refractivity contribution in [3.63, 3.8) is 0 Å². The van der Waals surface area contributed by atoms with Gasteiger partial charge in [0.05, 0.1) is 22.1 Å². The first-order valence-electron chi connectivity index (χ1n) is 10.8. The fourth-order valence-corrected chi connectivity index (χ4v) is 5.73. The van der Waals surface area contributed by atoms with Crippen LogP contribution in [-0.4, -0.2) is 26.0 Å². The van der Waals surface area contributed by atoms with Crippen molar-refractivity contribution in [3.05, 3.63) is 88.7 Å². The van der Waals surface area contributed by atoms with E-state index in [0.717, 1.165) is 22.5 Å². The van der Waals surface area contributed by atoms with Crippen LogP contribution in [0.5, 0.6) is 5.75 Å². The molecule has 0 fully saturated rings. The highest BCUT2D eigenvalue weighted by Gasteiger charge is 2.37. The Kier molecular flexibility index (Phi) is 6.70. The number of hydrogen-bond acceptors (Lipinski definition) is 4. The SMILES string of the molecule is Cc1cccc(S(=O)(=O)N2CC(C(=O)O)Cc3ccc(OCc4c(F)cccc4C(F)(F)F)cc32)c1.